The first-order chi connectivity index (χ1) is 9.06. The molecule has 5 nitrogen and oxygen atoms in total. The molecule has 19 heavy (non-hydrogen) atoms. The second-order valence-electron chi connectivity index (χ2n) is 4.41. The first kappa shape index (κ1) is 13.0. The molecule has 0 aliphatic heterocycles. The van der Waals surface area contributed by atoms with Gasteiger partial charge in [0.25, 0.3) is 11.5 Å². The van der Waals surface area contributed by atoms with E-state index in [-0.39, 0.29) is 23.2 Å². The number of hydrogen-bond donors (Lipinski definition) is 2. The molecule has 1 atom stereocenters. The molecule has 98 valence electrons. The summed E-state index contributed by atoms with van der Waals surface area (Å²) in [7, 11) is 0. The van der Waals surface area contributed by atoms with E-state index in [1.165, 1.54) is 17.7 Å². The number of rotatable bonds is 3. The summed E-state index contributed by atoms with van der Waals surface area (Å²) in [6.07, 6.45) is 0. The van der Waals surface area contributed by atoms with Gasteiger partial charge >= 0.3 is 0 Å². The maximum atomic E-state index is 11.9. The standard InChI is InChI=1S/C14H15N3O2/c1-9-3-5-11(6-4-9)10(2)15-14(19)12-7-8-13(18)17-16-12/h3-8,10H,1-2H3,(H,15,19)(H,17,18). The van der Waals surface area contributed by atoms with Crippen molar-refractivity contribution in [1.82, 2.24) is 15.5 Å². The van der Waals surface area contributed by atoms with E-state index in [0.29, 0.717) is 0 Å². The number of aromatic amines is 1. The lowest BCUT2D eigenvalue weighted by Crippen LogP contribution is -2.28. The topological polar surface area (TPSA) is 74.8 Å². The highest BCUT2D eigenvalue weighted by Gasteiger charge is 2.12. The van der Waals surface area contributed by atoms with Gasteiger partial charge in [0.05, 0.1) is 6.04 Å². The van der Waals surface area contributed by atoms with Crippen molar-refractivity contribution < 1.29 is 4.79 Å². The summed E-state index contributed by atoms with van der Waals surface area (Å²) in [5.74, 6) is -0.315. The van der Waals surface area contributed by atoms with Crippen LogP contribution in [-0.2, 0) is 0 Å². The number of carbonyl (C=O) groups is 1. The molecular formula is C14H15N3O2. The molecule has 1 unspecified atom stereocenters. The van der Waals surface area contributed by atoms with Crippen molar-refractivity contribution in [3.63, 3.8) is 0 Å². The monoisotopic (exact) mass is 257 g/mol. The van der Waals surface area contributed by atoms with Gasteiger partial charge in [-0.1, -0.05) is 29.8 Å². The quantitative estimate of drug-likeness (QED) is 0.876. The minimum Gasteiger partial charge on any atom is -0.344 e. The number of benzene rings is 1. The first-order valence-electron chi connectivity index (χ1n) is 5.99. The summed E-state index contributed by atoms with van der Waals surface area (Å²) < 4.78 is 0. The molecular weight excluding hydrogens is 242 g/mol. The highest BCUT2D eigenvalue weighted by Crippen LogP contribution is 2.13. The third-order valence-corrected chi connectivity index (χ3v) is 2.84. The maximum Gasteiger partial charge on any atom is 0.272 e. The molecule has 2 N–H and O–H groups in total. The minimum atomic E-state index is -0.330. The number of hydrogen-bond acceptors (Lipinski definition) is 3. The predicted molar refractivity (Wildman–Crippen MR) is 71.9 cm³/mol. The Morgan fingerprint density at radius 2 is 1.89 bits per heavy atom. The number of carbonyl (C=O) groups excluding carboxylic acids is 1. The molecule has 2 rings (SSSR count). The van der Waals surface area contributed by atoms with Gasteiger partial charge in [-0.15, -0.1) is 0 Å². The predicted octanol–water partition coefficient (Wildman–Crippen LogP) is 1.57. The van der Waals surface area contributed by atoms with Crippen LogP contribution in [-0.4, -0.2) is 16.1 Å². The van der Waals surface area contributed by atoms with Crippen LogP contribution in [0, 0.1) is 6.92 Å². The van der Waals surface area contributed by atoms with Crippen LogP contribution in [0.5, 0.6) is 0 Å². The zero-order valence-corrected chi connectivity index (χ0v) is 10.8. The second kappa shape index (κ2) is 5.48. The molecule has 1 amide bonds. The van der Waals surface area contributed by atoms with E-state index >= 15 is 0 Å². The lowest BCUT2D eigenvalue weighted by Gasteiger charge is -2.14. The van der Waals surface area contributed by atoms with E-state index in [9.17, 15) is 9.59 Å². The summed E-state index contributed by atoms with van der Waals surface area (Å²) in [6.45, 7) is 3.91. The number of amides is 1. The van der Waals surface area contributed by atoms with Gasteiger partial charge in [0.1, 0.15) is 5.69 Å². The number of aromatic nitrogens is 2. The fourth-order valence-electron chi connectivity index (χ4n) is 1.68. The van der Waals surface area contributed by atoms with Crippen LogP contribution >= 0.6 is 0 Å². The smallest absolute Gasteiger partial charge is 0.272 e. The van der Waals surface area contributed by atoms with Gasteiger partial charge in [0.2, 0.25) is 0 Å². The third kappa shape index (κ3) is 3.28. The Bertz CT molecular complexity index is 611. The largest absolute Gasteiger partial charge is 0.344 e. The fourth-order valence-corrected chi connectivity index (χ4v) is 1.68. The average Bonchev–Trinajstić information content (AvgIpc) is 2.40. The van der Waals surface area contributed by atoms with E-state index in [4.69, 9.17) is 0 Å². The molecule has 0 spiro atoms. The minimum absolute atomic E-state index is 0.123. The van der Waals surface area contributed by atoms with Crippen LogP contribution < -0.4 is 10.9 Å². The fraction of sp³-hybridized carbons (Fsp3) is 0.214. The zero-order chi connectivity index (χ0) is 13.8. The third-order valence-electron chi connectivity index (χ3n) is 2.84. The van der Waals surface area contributed by atoms with Crippen LogP contribution in [0.1, 0.15) is 34.6 Å². The summed E-state index contributed by atoms with van der Waals surface area (Å²) in [5.41, 5.74) is 2.05. The van der Waals surface area contributed by atoms with E-state index in [2.05, 4.69) is 15.5 Å². The van der Waals surface area contributed by atoms with Crippen LogP contribution in [0.2, 0.25) is 0 Å². The Morgan fingerprint density at radius 1 is 1.21 bits per heavy atom. The molecule has 2 aromatic rings. The van der Waals surface area contributed by atoms with Crippen molar-refractivity contribution >= 4 is 5.91 Å². The van der Waals surface area contributed by atoms with Gasteiger partial charge < -0.3 is 5.32 Å². The van der Waals surface area contributed by atoms with E-state index in [1.54, 1.807) is 0 Å². The molecule has 0 bridgehead atoms. The van der Waals surface area contributed by atoms with Crippen molar-refractivity contribution in [2.24, 2.45) is 0 Å². The molecule has 0 saturated carbocycles. The molecule has 0 saturated heterocycles. The van der Waals surface area contributed by atoms with Gasteiger partial charge in [-0.25, -0.2) is 5.10 Å². The highest BCUT2D eigenvalue weighted by atomic mass is 16.2. The number of aryl methyl sites for hydroxylation is 1. The van der Waals surface area contributed by atoms with E-state index in [0.717, 1.165) is 5.56 Å². The van der Waals surface area contributed by atoms with Gasteiger partial charge in [-0.2, -0.15) is 5.10 Å². The zero-order valence-electron chi connectivity index (χ0n) is 10.8. The van der Waals surface area contributed by atoms with Crippen molar-refractivity contribution in [2.45, 2.75) is 19.9 Å². The molecule has 0 fully saturated rings. The Morgan fingerprint density at radius 3 is 2.47 bits per heavy atom. The molecule has 0 aliphatic carbocycles. The maximum absolute atomic E-state index is 11.9. The second-order valence-corrected chi connectivity index (χ2v) is 4.41. The normalized spacial score (nSPS) is 11.9. The van der Waals surface area contributed by atoms with Gasteiger partial charge in [0, 0.05) is 6.07 Å². The lowest BCUT2D eigenvalue weighted by molar-refractivity contribution is 0.0933. The van der Waals surface area contributed by atoms with Crippen LogP contribution in [0.4, 0.5) is 0 Å². The highest BCUT2D eigenvalue weighted by molar-refractivity contribution is 5.92. The van der Waals surface area contributed by atoms with E-state index < -0.39 is 0 Å². The summed E-state index contributed by atoms with van der Waals surface area (Å²) >= 11 is 0. The Hall–Kier alpha value is -2.43. The molecule has 1 aromatic carbocycles. The molecule has 5 heteroatoms. The molecule has 0 aliphatic rings. The van der Waals surface area contributed by atoms with Crippen LogP contribution in [0.3, 0.4) is 0 Å². The molecule has 0 radical (unpaired) electrons. The van der Waals surface area contributed by atoms with Gasteiger partial charge in [-0.3, -0.25) is 9.59 Å². The Labute approximate surface area is 110 Å². The molecule has 1 aromatic heterocycles. The van der Waals surface area contributed by atoms with Crippen LogP contribution in [0.25, 0.3) is 0 Å². The summed E-state index contributed by atoms with van der Waals surface area (Å²) in [5, 5.41) is 8.75. The van der Waals surface area contributed by atoms with E-state index in [1.807, 2.05) is 38.1 Å². The summed E-state index contributed by atoms with van der Waals surface area (Å²) in [4.78, 5) is 22.8. The van der Waals surface area contributed by atoms with Crippen molar-refractivity contribution in [3.8, 4) is 0 Å². The summed E-state index contributed by atoms with van der Waals surface area (Å²) in [6, 6.07) is 10.5. The first-order valence-corrected chi connectivity index (χ1v) is 5.99. The number of nitrogens with zero attached hydrogens (tertiary/aromatic N) is 1. The Balaban J connectivity index is 2.08. The Kier molecular flexibility index (Phi) is 3.75. The van der Waals surface area contributed by atoms with Gasteiger partial charge in [0.15, 0.2) is 0 Å². The van der Waals surface area contributed by atoms with Crippen molar-refractivity contribution in [1.29, 1.82) is 0 Å². The lowest BCUT2D eigenvalue weighted by atomic mass is 10.1. The molecule has 1 heterocycles. The SMILES string of the molecule is Cc1ccc(C(C)NC(=O)c2ccc(=O)[nH]n2)cc1. The average molecular weight is 257 g/mol. The van der Waals surface area contributed by atoms with Crippen molar-refractivity contribution in [2.75, 3.05) is 0 Å². The number of H-pyrrole nitrogens is 1. The van der Waals surface area contributed by atoms with Crippen LogP contribution in [0.15, 0.2) is 41.2 Å². The number of nitrogens with one attached hydrogen (secondary N) is 2. The van der Waals surface area contributed by atoms with Crippen molar-refractivity contribution in [3.05, 3.63) is 63.6 Å². The van der Waals surface area contributed by atoms with Gasteiger partial charge in [-0.05, 0) is 25.5 Å².